The van der Waals surface area contributed by atoms with E-state index >= 15 is 0 Å². The summed E-state index contributed by atoms with van der Waals surface area (Å²) in [5, 5.41) is 13.6. The molecule has 1 atom stereocenters. The smallest absolute Gasteiger partial charge is 0.0745 e. The molecule has 1 unspecified atom stereocenters. The van der Waals surface area contributed by atoms with Crippen molar-refractivity contribution in [3.8, 4) is 0 Å². The normalized spacial score (nSPS) is 12.2. The minimum Gasteiger partial charge on any atom is -0.394 e. The van der Waals surface area contributed by atoms with Gasteiger partial charge in [0, 0.05) is 14.6 Å². The Morgan fingerprint density at radius 3 is 2.50 bits per heavy atom. The number of anilines is 1. The Labute approximate surface area is 140 Å². The summed E-state index contributed by atoms with van der Waals surface area (Å²) < 4.78 is 1.89. The molecule has 0 saturated carbocycles. The molecule has 5 heteroatoms. The van der Waals surface area contributed by atoms with E-state index in [2.05, 4.69) is 43.2 Å². The standard InChI is InChI=1S/C15H14Br2ClNO/c1-9-6-10(2-4-12(9)16)15(8-20)19-11-3-5-14(18)13(17)7-11/h2-7,15,19-20H,8H2,1H3. The molecule has 0 spiro atoms. The second kappa shape index (κ2) is 6.94. The molecule has 0 saturated heterocycles. The maximum Gasteiger partial charge on any atom is 0.0745 e. The molecule has 0 aromatic heterocycles. The third-order valence-electron chi connectivity index (χ3n) is 3.03. The van der Waals surface area contributed by atoms with Gasteiger partial charge in [-0.2, -0.15) is 0 Å². The van der Waals surface area contributed by atoms with E-state index < -0.39 is 0 Å². The third-order valence-corrected chi connectivity index (χ3v) is 5.13. The van der Waals surface area contributed by atoms with Gasteiger partial charge in [0.25, 0.3) is 0 Å². The largest absolute Gasteiger partial charge is 0.394 e. The van der Waals surface area contributed by atoms with Crippen molar-refractivity contribution in [2.45, 2.75) is 13.0 Å². The van der Waals surface area contributed by atoms with Crippen LogP contribution in [0.5, 0.6) is 0 Å². The lowest BCUT2D eigenvalue weighted by Crippen LogP contribution is -2.15. The fourth-order valence-corrected chi connectivity index (χ4v) is 2.65. The first kappa shape index (κ1) is 15.8. The quantitative estimate of drug-likeness (QED) is 0.703. The highest BCUT2D eigenvalue weighted by atomic mass is 79.9. The van der Waals surface area contributed by atoms with E-state index in [0.29, 0.717) is 5.02 Å². The van der Waals surface area contributed by atoms with E-state index in [1.807, 2.05) is 37.3 Å². The van der Waals surface area contributed by atoms with Crippen LogP contribution in [0.4, 0.5) is 5.69 Å². The number of hydrogen-bond donors (Lipinski definition) is 2. The van der Waals surface area contributed by atoms with E-state index in [-0.39, 0.29) is 12.6 Å². The van der Waals surface area contributed by atoms with E-state index in [4.69, 9.17) is 11.6 Å². The van der Waals surface area contributed by atoms with Crippen molar-refractivity contribution in [1.29, 1.82) is 0 Å². The molecule has 0 aliphatic carbocycles. The number of aryl methyl sites for hydroxylation is 1. The molecule has 0 fully saturated rings. The van der Waals surface area contributed by atoms with E-state index in [9.17, 15) is 5.11 Å². The lowest BCUT2D eigenvalue weighted by atomic mass is 10.0. The average molecular weight is 420 g/mol. The summed E-state index contributed by atoms with van der Waals surface area (Å²) >= 11 is 12.9. The van der Waals surface area contributed by atoms with Crippen LogP contribution in [0.1, 0.15) is 17.2 Å². The Hall–Kier alpha value is -0.550. The molecule has 2 rings (SSSR count). The minimum absolute atomic E-state index is 0.0152. The summed E-state index contributed by atoms with van der Waals surface area (Å²) in [6, 6.07) is 11.5. The van der Waals surface area contributed by atoms with Gasteiger partial charge in [0.15, 0.2) is 0 Å². The van der Waals surface area contributed by atoms with Crippen molar-refractivity contribution >= 4 is 49.1 Å². The molecule has 106 valence electrons. The van der Waals surface area contributed by atoms with E-state index in [1.54, 1.807) is 0 Å². The Bertz CT molecular complexity index is 619. The third kappa shape index (κ3) is 3.76. The summed E-state index contributed by atoms with van der Waals surface area (Å²) in [5.74, 6) is 0. The van der Waals surface area contributed by atoms with Crippen molar-refractivity contribution in [2.24, 2.45) is 0 Å². The first-order valence-corrected chi connectivity index (χ1v) is 8.06. The zero-order chi connectivity index (χ0) is 14.7. The number of aliphatic hydroxyl groups is 1. The summed E-state index contributed by atoms with van der Waals surface area (Å²) in [7, 11) is 0. The second-order valence-electron chi connectivity index (χ2n) is 4.52. The van der Waals surface area contributed by atoms with Gasteiger partial charge in [0.2, 0.25) is 0 Å². The van der Waals surface area contributed by atoms with Crippen LogP contribution in [0.25, 0.3) is 0 Å². The molecule has 2 aromatic rings. The maximum atomic E-state index is 9.61. The lowest BCUT2D eigenvalue weighted by molar-refractivity contribution is 0.276. The molecule has 2 N–H and O–H groups in total. The van der Waals surface area contributed by atoms with Crippen LogP contribution in [0.15, 0.2) is 45.3 Å². The number of benzene rings is 2. The van der Waals surface area contributed by atoms with Crippen molar-refractivity contribution in [2.75, 3.05) is 11.9 Å². The Morgan fingerprint density at radius 1 is 1.15 bits per heavy atom. The topological polar surface area (TPSA) is 32.3 Å². The first-order chi connectivity index (χ1) is 9.51. The summed E-state index contributed by atoms with van der Waals surface area (Å²) in [5.41, 5.74) is 3.08. The molecule has 0 heterocycles. The van der Waals surface area contributed by atoms with E-state index in [0.717, 1.165) is 25.8 Å². The minimum atomic E-state index is -0.158. The van der Waals surface area contributed by atoms with Crippen LogP contribution in [0, 0.1) is 6.92 Å². The Balaban J connectivity index is 2.23. The van der Waals surface area contributed by atoms with Gasteiger partial charge >= 0.3 is 0 Å². The van der Waals surface area contributed by atoms with Gasteiger partial charge in [-0.25, -0.2) is 0 Å². The number of hydrogen-bond acceptors (Lipinski definition) is 2. The van der Waals surface area contributed by atoms with Crippen LogP contribution >= 0.6 is 43.5 Å². The maximum absolute atomic E-state index is 9.61. The Morgan fingerprint density at radius 2 is 1.90 bits per heavy atom. The molecular formula is C15H14Br2ClNO. The molecule has 0 amide bonds. The fraction of sp³-hybridized carbons (Fsp3) is 0.200. The Kier molecular flexibility index (Phi) is 5.49. The highest BCUT2D eigenvalue weighted by Crippen LogP contribution is 2.28. The van der Waals surface area contributed by atoms with Gasteiger partial charge in [-0.1, -0.05) is 39.7 Å². The number of nitrogens with one attached hydrogen (secondary N) is 1. The van der Waals surface area contributed by atoms with Crippen molar-refractivity contribution in [3.63, 3.8) is 0 Å². The van der Waals surface area contributed by atoms with Crippen LogP contribution in [0.2, 0.25) is 5.02 Å². The van der Waals surface area contributed by atoms with Gasteiger partial charge < -0.3 is 10.4 Å². The lowest BCUT2D eigenvalue weighted by Gasteiger charge is -2.19. The molecule has 0 aliphatic heterocycles. The van der Waals surface area contributed by atoms with Crippen LogP contribution in [0.3, 0.4) is 0 Å². The van der Waals surface area contributed by atoms with E-state index in [1.165, 1.54) is 0 Å². The predicted molar refractivity (Wildman–Crippen MR) is 91.5 cm³/mol. The number of halogens is 3. The zero-order valence-corrected chi connectivity index (χ0v) is 14.8. The van der Waals surface area contributed by atoms with Gasteiger partial charge in [0.1, 0.15) is 0 Å². The van der Waals surface area contributed by atoms with Crippen molar-refractivity contribution < 1.29 is 5.11 Å². The molecule has 0 bridgehead atoms. The SMILES string of the molecule is Cc1cc(C(CO)Nc2ccc(Cl)c(Br)c2)ccc1Br. The average Bonchev–Trinajstić information content (AvgIpc) is 2.43. The summed E-state index contributed by atoms with van der Waals surface area (Å²) in [4.78, 5) is 0. The molecule has 2 aromatic carbocycles. The molecule has 0 radical (unpaired) electrons. The van der Waals surface area contributed by atoms with Crippen molar-refractivity contribution in [3.05, 3.63) is 61.5 Å². The number of rotatable bonds is 4. The first-order valence-electron chi connectivity index (χ1n) is 6.09. The molecule has 20 heavy (non-hydrogen) atoms. The second-order valence-corrected chi connectivity index (χ2v) is 6.63. The van der Waals surface area contributed by atoms with Crippen LogP contribution < -0.4 is 5.32 Å². The molecule has 0 aliphatic rings. The van der Waals surface area contributed by atoms with Gasteiger partial charge in [0.05, 0.1) is 17.7 Å². The van der Waals surface area contributed by atoms with Crippen LogP contribution in [-0.4, -0.2) is 11.7 Å². The molecule has 2 nitrogen and oxygen atoms in total. The van der Waals surface area contributed by atoms with Gasteiger partial charge in [-0.3, -0.25) is 0 Å². The van der Waals surface area contributed by atoms with Gasteiger partial charge in [-0.15, -0.1) is 0 Å². The fourth-order valence-electron chi connectivity index (χ4n) is 1.91. The molecular weight excluding hydrogens is 405 g/mol. The monoisotopic (exact) mass is 417 g/mol. The predicted octanol–water partition coefficient (Wildman–Crippen LogP) is 5.32. The van der Waals surface area contributed by atoms with Crippen molar-refractivity contribution in [1.82, 2.24) is 0 Å². The highest BCUT2D eigenvalue weighted by molar-refractivity contribution is 9.10. The zero-order valence-electron chi connectivity index (χ0n) is 10.8. The highest BCUT2D eigenvalue weighted by Gasteiger charge is 2.12. The summed E-state index contributed by atoms with van der Waals surface area (Å²) in [6.07, 6.45) is 0. The van der Waals surface area contributed by atoms with Gasteiger partial charge in [-0.05, 0) is 58.2 Å². The number of aliphatic hydroxyl groups excluding tert-OH is 1. The summed E-state index contributed by atoms with van der Waals surface area (Å²) in [6.45, 7) is 2.04. The van der Waals surface area contributed by atoms with Crippen LogP contribution in [-0.2, 0) is 0 Å².